The number of rotatable bonds is 4. The van der Waals surface area contributed by atoms with E-state index in [0.717, 1.165) is 30.0 Å². The normalized spacial score (nSPS) is 12.6. The summed E-state index contributed by atoms with van der Waals surface area (Å²) < 4.78 is 1.95. The van der Waals surface area contributed by atoms with Gasteiger partial charge in [0.2, 0.25) is 0 Å². The summed E-state index contributed by atoms with van der Waals surface area (Å²) in [6.45, 7) is 3.87. The maximum absolute atomic E-state index is 9.75. The van der Waals surface area contributed by atoms with Gasteiger partial charge in [-0.15, -0.1) is 0 Å². The van der Waals surface area contributed by atoms with Crippen molar-refractivity contribution in [3.63, 3.8) is 0 Å². The quantitative estimate of drug-likeness (QED) is 0.878. The molecule has 0 aliphatic carbocycles. The third kappa shape index (κ3) is 2.36. The first-order chi connectivity index (χ1) is 8.24. The molecule has 2 rings (SSSR count). The van der Waals surface area contributed by atoms with Gasteiger partial charge in [-0.25, -0.2) is 9.97 Å². The van der Waals surface area contributed by atoms with Gasteiger partial charge in [0.05, 0.1) is 6.10 Å². The van der Waals surface area contributed by atoms with Crippen molar-refractivity contribution in [3.8, 4) is 5.82 Å². The van der Waals surface area contributed by atoms with Crippen molar-refractivity contribution in [2.24, 2.45) is 0 Å². The summed E-state index contributed by atoms with van der Waals surface area (Å²) in [5.74, 6) is 1.75. The third-order valence-corrected chi connectivity index (χ3v) is 2.69. The van der Waals surface area contributed by atoms with Crippen molar-refractivity contribution in [2.75, 3.05) is 0 Å². The Morgan fingerprint density at radius 2 is 2.18 bits per heavy atom. The fraction of sp³-hybridized carbons (Fsp3) is 0.385. The average molecular weight is 231 g/mol. The van der Waals surface area contributed by atoms with Gasteiger partial charge in [-0.1, -0.05) is 13.0 Å². The maximum Gasteiger partial charge on any atom is 0.143 e. The van der Waals surface area contributed by atoms with Gasteiger partial charge in [-0.3, -0.25) is 4.57 Å². The molecule has 0 aromatic carbocycles. The smallest absolute Gasteiger partial charge is 0.143 e. The van der Waals surface area contributed by atoms with Crippen LogP contribution in [0.15, 0.2) is 30.7 Å². The molecular weight excluding hydrogens is 214 g/mol. The lowest BCUT2D eigenvalue weighted by molar-refractivity contribution is 0.198. The molecule has 2 heterocycles. The second kappa shape index (κ2) is 5.10. The summed E-state index contributed by atoms with van der Waals surface area (Å²) >= 11 is 0. The molecule has 0 saturated heterocycles. The van der Waals surface area contributed by atoms with Crippen molar-refractivity contribution < 1.29 is 5.11 Å². The zero-order chi connectivity index (χ0) is 12.3. The predicted molar refractivity (Wildman–Crippen MR) is 66.0 cm³/mol. The molecule has 0 amide bonds. The second-order valence-corrected chi connectivity index (χ2v) is 4.06. The largest absolute Gasteiger partial charge is 0.389 e. The van der Waals surface area contributed by atoms with E-state index in [2.05, 4.69) is 16.9 Å². The first-order valence-corrected chi connectivity index (χ1v) is 5.89. The molecule has 0 unspecified atom stereocenters. The fourth-order valence-electron chi connectivity index (χ4n) is 1.87. The number of aliphatic hydroxyl groups excluding tert-OH is 1. The molecular formula is C13H17N3O. The summed E-state index contributed by atoms with van der Waals surface area (Å²) in [6.07, 6.45) is 6.80. The molecule has 0 spiro atoms. The van der Waals surface area contributed by atoms with Crippen LogP contribution in [0.2, 0.25) is 0 Å². The monoisotopic (exact) mass is 231 g/mol. The fourth-order valence-corrected chi connectivity index (χ4v) is 1.87. The number of hydrogen-bond acceptors (Lipinski definition) is 3. The molecule has 0 saturated carbocycles. The molecule has 1 N–H and O–H groups in total. The molecule has 0 aliphatic heterocycles. The Hall–Kier alpha value is -1.68. The van der Waals surface area contributed by atoms with Crippen LogP contribution in [0.4, 0.5) is 0 Å². The van der Waals surface area contributed by atoms with Gasteiger partial charge < -0.3 is 5.11 Å². The van der Waals surface area contributed by atoms with Gasteiger partial charge in [0.15, 0.2) is 0 Å². The van der Waals surface area contributed by atoms with E-state index in [1.807, 2.05) is 22.9 Å². The number of pyridine rings is 1. The topological polar surface area (TPSA) is 50.9 Å². The van der Waals surface area contributed by atoms with Gasteiger partial charge >= 0.3 is 0 Å². The highest BCUT2D eigenvalue weighted by atomic mass is 16.3. The van der Waals surface area contributed by atoms with Crippen molar-refractivity contribution in [2.45, 2.75) is 32.8 Å². The average Bonchev–Trinajstić information content (AvgIpc) is 2.77. The Kier molecular flexibility index (Phi) is 3.54. The van der Waals surface area contributed by atoms with Crippen LogP contribution in [0.5, 0.6) is 0 Å². The van der Waals surface area contributed by atoms with Crippen LogP contribution in [-0.4, -0.2) is 19.6 Å². The molecule has 4 nitrogen and oxygen atoms in total. The number of imidazole rings is 1. The van der Waals surface area contributed by atoms with Crippen molar-refractivity contribution in [3.05, 3.63) is 42.1 Å². The number of aliphatic hydroxyl groups is 1. The maximum atomic E-state index is 9.75. The van der Waals surface area contributed by atoms with E-state index in [4.69, 9.17) is 0 Å². The van der Waals surface area contributed by atoms with E-state index >= 15 is 0 Å². The van der Waals surface area contributed by atoms with Crippen LogP contribution in [0.1, 0.15) is 37.8 Å². The highest BCUT2D eigenvalue weighted by molar-refractivity contribution is 5.36. The second-order valence-electron chi connectivity index (χ2n) is 4.06. The SMILES string of the molecule is CCCc1nccn1-c1ncccc1[C@@H](C)O. The highest BCUT2D eigenvalue weighted by Crippen LogP contribution is 2.20. The molecule has 90 valence electrons. The van der Waals surface area contributed by atoms with Crippen LogP contribution in [0.25, 0.3) is 5.82 Å². The highest BCUT2D eigenvalue weighted by Gasteiger charge is 2.12. The van der Waals surface area contributed by atoms with Gasteiger partial charge in [0, 0.05) is 30.6 Å². The van der Waals surface area contributed by atoms with E-state index in [1.165, 1.54) is 0 Å². The molecule has 17 heavy (non-hydrogen) atoms. The minimum Gasteiger partial charge on any atom is -0.389 e. The van der Waals surface area contributed by atoms with Crippen LogP contribution in [-0.2, 0) is 6.42 Å². The van der Waals surface area contributed by atoms with Crippen LogP contribution >= 0.6 is 0 Å². The summed E-state index contributed by atoms with van der Waals surface area (Å²) in [7, 11) is 0. The zero-order valence-electron chi connectivity index (χ0n) is 10.2. The molecule has 1 atom stereocenters. The molecule has 2 aromatic rings. The van der Waals surface area contributed by atoms with Gasteiger partial charge in [-0.2, -0.15) is 0 Å². The zero-order valence-corrected chi connectivity index (χ0v) is 10.2. The molecule has 0 bridgehead atoms. The van der Waals surface area contributed by atoms with Crippen LogP contribution < -0.4 is 0 Å². The lowest BCUT2D eigenvalue weighted by Crippen LogP contribution is -2.07. The van der Waals surface area contributed by atoms with Crippen molar-refractivity contribution in [1.82, 2.24) is 14.5 Å². The lowest BCUT2D eigenvalue weighted by atomic mass is 10.1. The van der Waals surface area contributed by atoms with Gasteiger partial charge in [0.1, 0.15) is 11.6 Å². The Morgan fingerprint density at radius 1 is 1.35 bits per heavy atom. The Bertz CT molecular complexity index is 491. The number of hydrogen-bond donors (Lipinski definition) is 1. The van der Waals surface area contributed by atoms with Gasteiger partial charge in [-0.05, 0) is 19.4 Å². The third-order valence-electron chi connectivity index (χ3n) is 2.69. The minimum atomic E-state index is -0.532. The molecule has 2 aromatic heterocycles. The summed E-state index contributed by atoms with van der Waals surface area (Å²) in [6, 6.07) is 3.73. The number of aromatic nitrogens is 3. The van der Waals surface area contributed by atoms with E-state index < -0.39 is 6.10 Å². The van der Waals surface area contributed by atoms with Gasteiger partial charge in [0.25, 0.3) is 0 Å². The first-order valence-electron chi connectivity index (χ1n) is 5.89. The Balaban J connectivity index is 2.48. The standard InChI is InChI=1S/C13H17N3O/c1-3-5-12-14-8-9-16(12)13-11(10(2)17)6-4-7-15-13/h4,6-10,17H,3,5H2,1-2H3/t10-/m1/s1. The summed E-state index contributed by atoms with van der Waals surface area (Å²) in [4.78, 5) is 8.67. The van der Waals surface area contributed by atoms with Crippen molar-refractivity contribution in [1.29, 1.82) is 0 Å². The Labute approximate surface area is 101 Å². The Morgan fingerprint density at radius 3 is 2.88 bits per heavy atom. The molecule has 0 fully saturated rings. The van der Waals surface area contributed by atoms with E-state index in [9.17, 15) is 5.11 Å². The summed E-state index contributed by atoms with van der Waals surface area (Å²) in [5.41, 5.74) is 0.822. The van der Waals surface area contributed by atoms with E-state index in [-0.39, 0.29) is 0 Å². The van der Waals surface area contributed by atoms with Crippen molar-refractivity contribution >= 4 is 0 Å². The number of nitrogens with zero attached hydrogens (tertiary/aromatic N) is 3. The minimum absolute atomic E-state index is 0.532. The molecule has 4 heteroatoms. The lowest BCUT2D eigenvalue weighted by Gasteiger charge is -2.13. The van der Waals surface area contributed by atoms with Crippen LogP contribution in [0.3, 0.4) is 0 Å². The predicted octanol–water partition coefficient (Wildman–Crippen LogP) is 2.27. The number of aryl methyl sites for hydroxylation is 1. The molecule has 0 aliphatic rings. The van der Waals surface area contributed by atoms with E-state index in [0.29, 0.717) is 0 Å². The first kappa shape index (κ1) is 11.8. The summed E-state index contributed by atoms with van der Waals surface area (Å²) in [5, 5.41) is 9.75. The molecule has 0 radical (unpaired) electrons. The van der Waals surface area contributed by atoms with Crippen LogP contribution in [0, 0.1) is 0 Å². The van der Waals surface area contributed by atoms with E-state index in [1.54, 1.807) is 19.3 Å².